The molecular formula is C9H15FN4. The molecule has 1 aromatic heterocycles. The summed E-state index contributed by atoms with van der Waals surface area (Å²) in [5.41, 5.74) is 5.19. The van der Waals surface area contributed by atoms with Crippen molar-refractivity contribution in [2.24, 2.45) is 0 Å². The van der Waals surface area contributed by atoms with Crippen molar-refractivity contribution in [3.05, 3.63) is 12.0 Å². The number of halogens is 1. The van der Waals surface area contributed by atoms with Crippen LogP contribution < -0.4 is 10.6 Å². The Morgan fingerprint density at radius 2 is 2.00 bits per heavy atom. The molecule has 0 radical (unpaired) electrons. The van der Waals surface area contributed by atoms with Gasteiger partial charge in [-0.25, -0.2) is 9.37 Å². The van der Waals surface area contributed by atoms with Gasteiger partial charge in [-0.15, -0.1) is 0 Å². The Bertz CT molecular complexity index is 332. The van der Waals surface area contributed by atoms with Crippen LogP contribution in [0, 0.1) is 5.82 Å². The minimum absolute atomic E-state index is 0.0810. The Balaban J connectivity index is 3.12. The van der Waals surface area contributed by atoms with Gasteiger partial charge in [0.05, 0.1) is 6.20 Å². The zero-order valence-electron chi connectivity index (χ0n) is 8.87. The summed E-state index contributed by atoms with van der Waals surface area (Å²) in [6.07, 6.45) is 1.08. The van der Waals surface area contributed by atoms with Gasteiger partial charge in [0, 0.05) is 12.6 Å². The van der Waals surface area contributed by atoms with Gasteiger partial charge < -0.3 is 10.6 Å². The van der Waals surface area contributed by atoms with Gasteiger partial charge in [-0.3, -0.25) is 0 Å². The van der Waals surface area contributed by atoms with E-state index in [0.29, 0.717) is 0 Å². The number of aromatic nitrogens is 2. The summed E-state index contributed by atoms with van der Waals surface area (Å²) in [4.78, 5) is 9.15. The van der Waals surface area contributed by atoms with Crippen molar-refractivity contribution in [3.63, 3.8) is 0 Å². The fourth-order valence-corrected chi connectivity index (χ4v) is 0.924. The molecule has 0 aliphatic heterocycles. The van der Waals surface area contributed by atoms with Crippen LogP contribution in [0.25, 0.3) is 0 Å². The van der Waals surface area contributed by atoms with Crippen molar-refractivity contribution >= 4 is 11.8 Å². The zero-order chi connectivity index (χ0) is 10.9. The second-order valence-electron chi connectivity index (χ2n) is 4.13. The topological polar surface area (TPSA) is 55.0 Å². The summed E-state index contributed by atoms with van der Waals surface area (Å²) >= 11 is 0. The Hall–Kier alpha value is -1.39. The lowest BCUT2D eigenvalue weighted by atomic mass is 10.1. The highest BCUT2D eigenvalue weighted by Crippen LogP contribution is 2.22. The highest BCUT2D eigenvalue weighted by atomic mass is 19.1. The van der Waals surface area contributed by atoms with Crippen LogP contribution in [-0.4, -0.2) is 22.6 Å². The van der Waals surface area contributed by atoms with Gasteiger partial charge in [0.1, 0.15) is 0 Å². The fraction of sp³-hybridized carbons (Fsp3) is 0.556. The van der Waals surface area contributed by atoms with Crippen molar-refractivity contribution in [1.82, 2.24) is 9.97 Å². The maximum absolute atomic E-state index is 13.3. The number of anilines is 2. The molecule has 1 heterocycles. The van der Waals surface area contributed by atoms with E-state index >= 15 is 0 Å². The predicted octanol–water partition coefficient (Wildman–Crippen LogP) is 1.43. The van der Waals surface area contributed by atoms with Gasteiger partial charge in [0.25, 0.3) is 0 Å². The minimum Gasteiger partial charge on any atom is -0.368 e. The Kier molecular flexibility index (Phi) is 2.59. The molecule has 5 heteroatoms. The molecule has 0 saturated heterocycles. The summed E-state index contributed by atoms with van der Waals surface area (Å²) < 4.78 is 13.3. The molecular weight excluding hydrogens is 183 g/mol. The monoisotopic (exact) mass is 198 g/mol. The average Bonchev–Trinajstić information content (AvgIpc) is 2.06. The Morgan fingerprint density at radius 3 is 2.50 bits per heavy atom. The first-order valence-electron chi connectivity index (χ1n) is 4.34. The molecule has 2 N–H and O–H groups in total. The van der Waals surface area contributed by atoms with Gasteiger partial charge >= 0.3 is 0 Å². The second kappa shape index (κ2) is 3.40. The molecule has 0 bridgehead atoms. The molecule has 0 unspecified atom stereocenters. The van der Waals surface area contributed by atoms with Crippen LogP contribution in [-0.2, 0) is 0 Å². The molecule has 0 amide bonds. The molecule has 0 aliphatic rings. The maximum Gasteiger partial charge on any atom is 0.222 e. The van der Waals surface area contributed by atoms with E-state index in [1.165, 1.54) is 0 Å². The minimum atomic E-state index is -0.461. The number of hydrogen-bond donors (Lipinski definition) is 1. The first kappa shape index (κ1) is 10.7. The lowest BCUT2D eigenvalue weighted by molar-refractivity contribution is 0.513. The van der Waals surface area contributed by atoms with Crippen LogP contribution in [0.5, 0.6) is 0 Å². The fourth-order valence-electron chi connectivity index (χ4n) is 0.924. The summed E-state index contributed by atoms with van der Waals surface area (Å²) in [6, 6.07) is 0. The molecule has 0 atom stereocenters. The third-order valence-corrected chi connectivity index (χ3v) is 2.07. The van der Waals surface area contributed by atoms with Gasteiger partial charge in [0.2, 0.25) is 5.95 Å². The molecule has 0 saturated carbocycles. The van der Waals surface area contributed by atoms with Crippen molar-refractivity contribution in [2.75, 3.05) is 17.7 Å². The average molecular weight is 198 g/mol. The molecule has 4 nitrogen and oxygen atoms in total. The van der Waals surface area contributed by atoms with Crippen LogP contribution in [0.15, 0.2) is 6.20 Å². The quantitative estimate of drug-likeness (QED) is 0.741. The van der Waals surface area contributed by atoms with E-state index < -0.39 is 5.82 Å². The van der Waals surface area contributed by atoms with Gasteiger partial charge in [-0.05, 0) is 20.8 Å². The second-order valence-corrected chi connectivity index (χ2v) is 4.13. The van der Waals surface area contributed by atoms with E-state index in [0.717, 1.165) is 6.20 Å². The lowest BCUT2D eigenvalue weighted by Gasteiger charge is -2.33. The highest BCUT2D eigenvalue weighted by Gasteiger charge is 2.21. The van der Waals surface area contributed by atoms with Gasteiger partial charge in [-0.2, -0.15) is 4.98 Å². The summed E-state index contributed by atoms with van der Waals surface area (Å²) in [5, 5.41) is 0. The number of rotatable bonds is 1. The highest BCUT2D eigenvalue weighted by molar-refractivity contribution is 5.43. The number of nitrogen functional groups attached to an aromatic ring is 1. The van der Waals surface area contributed by atoms with Gasteiger partial charge in [0.15, 0.2) is 11.6 Å². The lowest BCUT2D eigenvalue weighted by Crippen LogP contribution is -2.39. The molecule has 0 aliphatic carbocycles. The molecule has 0 fully saturated rings. The normalized spacial score (nSPS) is 11.5. The van der Waals surface area contributed by atoms with Crippen LogP contribution in [0.1, 0.15) is 20.8 Å². The molecule has 0 spiro atoms. The van der Waals surface area contributed by atoms with E-state index in [1.54, 1.807) is 11.9 Å². The Morgan fingerprint density at radius 1 is 1.43 bits per heavy atom. The van der Waals surface area contributed by atoms with Crippen molar-refractivity contribution in [1.29, 1.82) is 0 Å². The van der Waals surface area contributed by atoms with Crippen molar-refractivity contribution in [2.45, 2.75) is 26.3 Å². The molecule has 1 aromatic rings. The molecule has 14 heavy (non-hydrogen) atoms. The largest absolute Gasteiger partial charge is 0.368 e. The zero-order valence-corrected chi connectivity index (χ0v) is 8.87. The van der Waals surface area contributed by atoms with E-state index in [4.69, 9.17) is 5.73 Å². The number of nitrogens with two attached hydrogens (primary N) is 1. The molecule has 0 aromatic carbocycles. The van der Waals surface area contributed by atoms with Crippen LogP contribution in [0.4, 0.5) is 16.2 Å². The number of nitrogens with zero attached hydrogens (tertiary/aromatic N) is 3. The van der Waals surface area contributed by atoms with Crippen LogP contribution in [0.3, 0.4) is 0 Å². The van der Waals surface area contributed by atoms with Crippen molar-refractivity contribution in [3.8, 4) is 0 Å². The van der Waals surface area contributed by atoms with Crippen LogP contribution >= 0.6 is 0 Å². The summed E-state index contributed by atoms with van der Waals surface area (Å²) in [7, 11) is 1.77. The summed E-state index contributed by atoms with van der Waals surface area (Å²) in [6.45, 7) is 5.89. The van der Waals surface area contributed by atoms with E-state index in [2.05, 4.69) is 9.97 Å². The van der Waals surface area contributed by atoms with Crippen LogP contribution in [0.2, 0.25) is 0 Å². The standard InChI is InChI=1S/C9H15FN4/c1-9(2,3)14(4)7-6(10)5-12-8(11)13-7/h5H,1-4H3,(H2,11,12,13). The van der Waals surface area contributed by atoms with E-state index in [9.17, 15) is 4.39 Å². The SMILES string of the molecule is CN(c1nc(N)ncc1F)C(C)(C)C. The third-order valence-electron chi connectivity index (χ3n) is 2.07. The summed E-state index contributed by atoms with van der Waals surface area (Å²) in [5.74, 6) is -0.154. The number of hydrogen-bond acceptors (Lipinski definition) is 4. The van der Waals surface area contributed by atoms with E-state index in [-0.39, 0.29) is 17.3 Å². The smallest absolute Gasteiger partial charge is 0.222 e. The first-order valence-corrected chi connectivity index (χ1v) is 4.34. The van der Waals surface area contributed by atoms with Gasteiger partial charge in [-0.1, -0.05) is 0 Å². The molecule has 78 valence electrons. The Labute approximate surface area is 83.0 Å². The predicted molar refractivity (Wildman–Crippen MR) is 54.6 cm³/mol. The first-order chi connectivity index (χ1) is 6.32. The van der Waals surface area contributed by atoms with Crippen molar-refractivity contribution < 1.29 is 4.39 Å². The maximum atomic E-state index is 13.3. The molecule has 1 rings (SSSR count). The van der Waals surface area contributed by atoms with E-state index in [1.807, 2.05) is 20.8 Å². The third kappa shape index (κ3) is 2.10.